The van der Waals surface area contributed by atoms with Gasteiger partial charge in [-0.25, -0.2) is 0 Å². The van der Waals surface area contributed by atoms with Crippen LogP contribution in [0.5, 0.6) is 0 Å². The summed E-state index contributed by atoms with van der Waals surface area (Å²) in [7, 11) is 0. The SMILES string of the molecule is CCN1CCN(C(=O)C(=O)Nc2c(C)cccc2C)CC1. The molecule has 21 heavy (non-hydrogen) atoms. The predicted octanol–water partition coefficient (Wildman–Crippen LogP) is 1.41. The Morgan fingerprint density at radius 3 is 2.19 bits per heavy atom. The van der Waals surface area contributed by atoms with Crippen LogP contribution in [-0.2, 0) is 9.59 Å². The van der Waals surface area contributed by atoms with Crippen molar-refractivity contribution in [3.63, 3.8) is 0 Å². The molecule has 1 aliphatic rings. The summed E-state index contributed by atoms with van der Waals surface area (Å²) in [5.41, 5.74) is 2.67. The zero-order valence-corrected chi connectivity index (χ0v) is 13.0. The maximum atomic E-state index is 12.2. The minimum atomic E-state index is -0.544. The highest BCUT2D eigenvalue weighted by molar-refractivity contribution is 6.39. The fourth-order valence-corrected chi connectivity index (χ4v) is 2.59. The summed E-state index contributed by atoms with van der Waals surface area (Å²) in [5.74, 6) is -0.981. The Labute approximate surface area is 125 Å². The van der Waals surface area contributed by atoms with Gasteiger partial charge in [0.2, 0.25) is 0 Å². The largest absolute Gasteiger partial charge is 0.332 e. The number of para-hydroxylation sites is 1. The Hall–Kier alpha value is -1.88. The first kappa shape index (κ1) is 15.5. The molecule has 0 atom stereocenters. The minimum absolute atomic E-state index is 0.437. The van der Waals surface area contributed by atoms with Gasteiger partial charge < -0.3 is 15.1 Å². The van der Waals surface area contributed by atoms with Crippen LogP contribution in [0.25, 0.3) is 0 Å². The number of carbonyl (C=O) groups excluding carboxylic acids is 2. The lowest BCUT2D eigenvalue weighted by atomic mass is 10.1. The molecule has 0 saturated carbocycles. The summed E-state index contributed by atoms with van der Waals surface area (Å²) in [4.78, 5) is 28.3. The van der Waals surface area contributed by atoms with E-state index in [2.05, 4.69) is 17.1 Å². The summed E-state index contributed by atoms with van der Waals surface area (Å²) in [5, 5.41) is 2.76. The van der Waals surface area contributed by atoms with Crippen LogP contribution in [-0.4, -0.2) is 54.3 Å². The number of hydrogen-bond donors (Lipinski definition) is 1. The smallest absolute Gasteiger partial charge is 0.313 e. The maximum absolute atomic E-state index is 12.2. The van der Waals surface area contributed by atoms with Crippen LogP contribution < -0.4 is 5.32 Å². The number of piperazine rings is 1. The molecular weight excluding hydrogens is 266 g/mol. The fourth-order valence-electron chi connectivity index (χ4n) is 2.59. The molecule has 114 valence electrons. The van der Waals surface area contributed by atoms with Crippen LogP contribution in [0, 0.1) is 13.8 Å². The molecule has 0 aromatic heterocycles. The van der Waals surface area contributed by atoms with Crippen LogP contribution in [0.2, 0.25) is 0 Å². The zero-order valence-electron chi connectivity index (χ0n) is 13.0. The third kappa shape index (κ3) is 3.61. The molecule has 0 bridgehead atoms. The van der Waals surface area contributed by atoms with Crippen LogP contribution in [0.15, 0.2) is 18.2 Å². The highest BCUT2D eigenvalue weighted by Gasteiger charge is 2.25. The average Bonchev–Trinajstić information content (AvgIpc) is 2.50. The molecule has 1 aromatic rings. The molecule has 5 heteroatoms. The van der Waals surface area contributed by atoms with Gasteiger partial charge in [-0.1, -0.05) is 25.1 Å². The standard InChI is InChI=1S/C16H23N3O2/c1-4-18-8-10-19(11-9-18)16(21)15(20)17-14-12(2)6-5-7-13(14)3/h5-7H,4,8-11H2,1-3H3,(H,17,20). The van der Waals surface area contributed by atoms with Crippen molar-refractivity contribution in [1.82, 2.24) is 9.80 Å². The molecule has 1 aromatic carbocycles. The third-order valence-corrected chi connectivity index (χ3v) is 4.02. The van der Waals surface area contributed by atoms with Crippen molar-refractivity contribution in [2.24, 2.45) is 0 Å². The van der Waals surface area contributed by atoms with Gasteiger partial charge in [0.15, 0.2) is 0 Å². The van der Waals surface area contributed by atoms with Crippen molar-refractivity contribution in [3.8, 4) is 0 Å². The lowest BCUT2D eigenvalue weighted by molar-refractivity contribution is -0.144. The summed E-state index contributed by atoms with van der Waals surface area (Å²) < 4.78 is 0. The molecule has 1 fully saturated rings. The summed E-state index contributed by atoms with van der Waals surface area (Å²) in [6, 6.07) is 5.78. The second kappa shape index (κ2) is 6.72. The molecule has 0 unspecified atom stereocenters. The number of benzene rings is 1. The molecule has 0 radical (unpaired) electrons. The maximum Gasteiger partial charge on any atom is 0.313 e. The second-order valence-electron chi connectivity index (χ2n) is 5.45. The van der Waals surface area contributed by atoms with Gasteiger partial charge >= 0.3 is 11.8 Å². The number of carbonyl (C=O) groups is 2. The minimum Gasteiger partial charge on any atom is -0.332 e. The Bertz CT molecular complexity index is 514. The van der Waals surface area contributed by atoms with E-state index < -0.39 is 11.8 Å². The number of hydrogen-bond acceptors (Lipinski definition) is 3. The topological polar surface area (TPSA) is 52.7 Å². The first-order valence-corrected chi connectivity index (χ1v) is 7.41. The number of nitrogens with one attached hydrogen (secondary N) is 1. The van der Waals surface area contributed by atoms with Crippen molar-refractivity contribution in [1.29, 1.82) is 0 Å². The van der Waals surface area contributed by atoms with Crippen molar-refractivity contribution >= 4 is 17.5 Å². The molecule has 0 spiro atoms. The van der Waals surface area contributed by atoms with Gasteiger partial charge in [-0.15, -0.1) is 0 Å². The highest BCUT2D eigenvalue weighted by atomic mass is 16.2. The van der Waals surface area contributed by atoms with E-state index in [1.54, 1.807) is 4.90 Å². The first-order valence-electron chi connectivity index (χ1n) is 7.41. The highest BCUT2D eigenvalue weighted by Crippen LogP contribution is 2.19. The number of aryl methyl sites for hydroxylation is 2. The van der Waals surface area contributed by atoms with Crippen molar-refractivity contribution < 1.29 is 9.59 Å². The number of likely N-dealkylation sites (N-methyl/N-ethyl adjacent to an activating group) is 1. The molecule has 2 amide bonds. The van der Waals surface area contributed by atoms with Gasteiger partial charge in [0.05, 0.1) is 0 Å². The van der Waals surface area contributed by atoms with E-state index in [1.807, 2.05) is 32.0 Å². The van der Waals surface area contributed by atoms with E-state index in [1.165, 1.54) is 0 Å². The Morgan fingerprint density at radius 1 is 1.10 bits per heavy atom. The summed E-state index contributed by atoms with van der Waals surface area (Å²) in [6.45, 7) is 9.83. The molecule has 1 N–H and O–H groups in total. The van der Waals surface area contributed by atoms with Gasteiger partial charge in [0, 0.05) is 31.9 Å². The van der Waals surface area contributed by atoms with E-state index in [9.17, 15) is 9.59 Å². The molecule has 1 aliphatic heterocycles. The van der Waals surface area contributed by atoms with Crippen LogP contribution >= 0.6 is 0 Å². The molecule has 5 nitrogen and oxygen atoms in total. The summed E-state index contributed by atoms with van der Waals surface area (Å²) >= 11 is 0. The van der Waals surface area contributed by atoms with E-state index >= 15 is 0 Å². The number of rotatable bonds is 2. The lowest BCUT2D eigenvalue weighted by Crippen LogP contribution is -2.51. The van der Waals surface area contributed by atoms with Crippen molar-refractivity contribution in [2.75, 3.05) is 38.0 Å². The fraction of sp³-hybridized carbons (Fsp3) is 0.500. The van der Waals surface area contributed by atoms with Gasteiger partial charge in [0.1, 0.15) is 0 Å². The van der Waals surface area contributed by atoms with Crippen LogP contribution in [0.4, 0.5) is 5.69 Å². The second-order valence-corrected chi connectivity index (χ2v) is 5.45. The van der Waals surface area contributed by atoms with Gasteiger partial charge in [0.25, 0.3) is 0 Å². The summed E-state index contributed by atoms with van der Waals surface area (Å²) in [6.07, 6.45) is 0. The Balaban J connectivity index is 1.99. The van der Waals surface area contributed by atoms with Gasteiger partial charge in [-0.2, -0.15) is 0 Å². The van der Waals surface area contributed by atoms with E-state index in [-0.39, 0.29) is 0 Å². The molecule has 0 aliphatic carbocycles. The number of amides is 2. The lowest BCUT2D eigenvalue weighted by Gasteiger charge is -2.33. The van der Waals surface area contributed by atoms with Crippen LogP contribution in [0.3, 0.4) is 0 Å². The van der Waals surface area contributed by atoms with Crippen molar-refractivity contribution in [3.05, 3.63) is 29.3 Å². The van der Waals surface area contributed by atoms with E-state index in [4.69, 9.17) is 0 Å². The molecule has 1 saturated heterocycles. The van der Waals surface area contributed by atoms with E-state index in [0.29, 0.717) is 13.1 Å². The third-order valence-electron chi connectivity index (χ3n) is 4.02. The number of nitrogens with zero attached hydrogens (tertiary/aromatic N) is 2. The van der Waals surface area contributed by atoms with Gasteiger partial charge in [-0.05, 0) is 31.5 Å². The quantitative estimate of drug-likeness (QED) is 0.838. The predicted molar refractivity (Wildman–Crippen MR) is 83.2 cm³/mol. The molecule has 1 heterocycles. The average molecular weight is 289 g/mol. The normalized spacial score (nSPS) is 15.9. The van der Waals surface area contributed by atoms with Crippen LogP contribution in [0.1, 0.15) is 18.1 Å². The Morgan fingerprint density at radius 2 is 1.67 bits per heavy atom. The number of anilines is 1. The molecular formula is C16H23N3O2. The van der Waals surface area contributed by atoms with E-state index in [0.717, 1.165) is 36.4 Å². The van der Waals surface area contributed by atoms with Gasteiger partial charge in [-0.3, -0.25) is 9.59 Å². The van der Waals surface area contributed by atoms with Crippen molar-refractivity contribution in [2.45, 2.75) is 20.8 Å². The Kier molecular flexibility index (Phi) is 4.96. The molecule has 2 rings (SSSR count). The monoisotopic (exact) mass is 289 g/mol. The first-order chi connectivity index (χ1) is 10.0. The zero-order chi connectivity index (χ0) is 15.4.